The van der Waals surface area contributed by atoms with Crippen molar-refractivity contribution >= 4 is 39.1 Å². The van der Waals surface area contributed by atoms with E-state index in [2.05, 4.69) is 29.5 Å². The maximum Gasteiger partial charge on any atom is 0.262 e. The maximum absolute atomic E-state index is 12.7. The first-order chi connectivity index (χ1) is 14.4. The highest BCUT2D eigenvalue weighted by molar-refractivity contribution is 7.92. The molecular weight excluding hydrogens is 424 g/mol. The van der Waals surface area contributed by atoms with E-state index in [9.17, 15) is 8.42 Å². The molecule has 4 rings (SSSR count). The molecule has 10 heteroatoms. The van der Waals surface area contributed by atoms with E-state index in [4.69, 9.17) is 11.6 Å². The van der Waals surface area contributed by atoms with Crippen molar-refractivity contribution in [2.45, 2.75) is 11.8 Å². The van der Waals surface area contributed by atoms with E-state index in [0.29, 0.717) is 22.2 Å². The minimum absolute atomic E-state index is 0.129. The predicted octanol–water partition coefficient (Wildman–Crippen LogP) is 2.96. The van der Waals surface area contributed by atoms with E-state index in [0.717, 1.165) is 32.0 Å². The summed E-state index contributed by atoms with van der Waals surface area (Å²) < 4.78 is 27.9. The molecule has 0 radical (unpaired) electrons. The van der Waals surface area contributed by atoms with Crippen molar-refractivity contribution in [2.75, 3.05) is 40.7 Å². The molecule has 156 valence electrons. The zero-order chi connectivity index (χ0) is 21.1. The van der Waals surface area contributed by atoms with Crippen molar-refractivity contribution in [1.29, 1.82) is 0 Å². The molecule has 3 aromatic rings. The Bertz CT molecular complexity index is 1120. The van der Waals surface area contributed by atoms with Gasteiger partial charge in [-0.05, 0) is 36.8 Å². The largest absolute Gasteiger partial charge is 0.353 e. The highest BCUT2D eigenvalue weighted by Gasteiger charge is 2.21. The minimum atomic E-state index is -3.78. The van der Waals surface area contributed by atoms with Crippen LogP contribution in [0.4, 0.5) is 17.5 Å². The Morgan fingerprint density at radius 3 is 2.33 bits per heavy atom. The summed E-state index contributed by atoms with van der Waals surface area (Å²) >= 11 is 5.95. The van der Waals surface area contributed by atoms with Gasteiger partial charge < -0.3 is 9.80 Å². The first kappa shape index (κ1) is 20.4. The standard InChI is InChI=1S/C20H21ClN6O2S/c1-15-5-6-16(21)12-18(15)30(28,29)25-17-13-23-20(24-14-17)27-10-8-26(9-11-27)19-4-2-3-7-22-19/h2-7,12-14,25H,8-11H2,1H3. The molecule has 1 saturated heterocycles. The van der Waals surface area contributed by atoms with Crippen LogP contribution in [-0.2, 0) is 10.0 Å². The highest BCUT2D eigenvalue weighted by atomic mass is 35.5. The van der Waals surface area contributed by atoms with Crippen molar-refractivity contribution in [3.05, 3.63) is 65.6 Å². The summed E-state index contributed by atoms with van der Waals surface area (Å²) in [6, 6.07) is 10.6. The number of aryl methyl sites for hydroxylation is 1. The van der Waals surface area contributed by atoms with Crippen LogP contribution in [0.2, 0.25) is 5.02 Å². The average Bonchev–Trinajstić information content (AvgIpc) is 2.76. The van der Waals surface area contributed by atoms with Crippen molar-refractivity contribution in [1.82, 2.24) is 15.0 Å². The Labute approximate surface area is 180 Å². The molecule has 0 amide bonds. The Morgan fingerprint density at radius 1 is 0.967 bits per heavy atom. The number of sulfonamides is 1. The number of halogens is 1. The van der Waals surface area contributed by atoms with Gasteiger partial charge in [-0.1, -0.05) is 23.7 Å². The minimum Gasteiger partial charge on any atom is -0.353 e. The lowest BCUT2D eigenvalue weighted by atomic mass is 10.2. The Hall–Kier alpha value is -2.91. The van der Waals surface area contributed by atoms with Crippen molar-refractivity contribution in [3.8, 4) is 0 Å². The molecule has 2 aromatic heterocycles. The van der Waals surface area contributed by atoms with Crippen LogP contribution in [0, 0.1) is 6.92 Å². The highest BCUT2D eigenvalue weighted by Crippen LogP contribution is 2.23. The lowest BCUT2D eigenvalue weighted by molar-refractivity contribution is 0.600. The third-order valence-corrected chi connectivity index (χ3v) is 6.62. The second-order valence-electron chi connectivity index (χ2n) is 6.95. The average molecular weight is 445 g/mol. The van der Waals surface area contributed by atoms with Gasteiger partial charge in [-0.25, -0.2) is 23.4 Å². The fraction of sp³-hybridized carbons (Fsp3) is 0.250. The number of hydrogen-bond acceptors (Lipinski definition) is 7. The monoisotopic (exact) mass is 444 g/mol. The molecule has 0 unspecified atom stereocenters. The lowest BCUT2D eigenvalue weighted by Gasteiger charge is -2.35. The van der Waals surface area contributed by atoms with E-state index in [1.165, 1.54) is 18.5 Å². The summed E-state index contributed by atoms with van der Waals surface area (Å²) in [5.41, 5.74) is 0.903. The number of anilines is 3. The molecule has 30 heavy (non-hydrogen) atoms. The second kappa shape index (κ2) is 8.45. The van der Waals surface area contributed by atoms with E-state index in [1.54, 1.807) is 25.3 Å². The van der Waals surface area contributed by atoms with Gasteiger partial charge in [0.2, 0.25) is 5.95 Å². The topological polar surface area (TPSA) is 91.3 Å². The first-order valence-corrected chi connectivity index (χ1v) is 11.3. The van der Waals surface area contributed by atoms with Crippen LogP contribution < -0.4 is 14.5 Å². The summed E-state index contributed by atoms with van der Waals surface area (Å²) in [7, 11) is -3.78. The zero-order valence-electron chi connectivity index (χ0n) is 16.4. The van der Waals surface area contributed by atoms with Crippen molar-refractivity contribution in [3.63, 3.8) is 0 Å². The quantitative estimate of drug-likeness (QED) is 0.646. The van der Waals surface area contributed by atoms with Crippen LogP contribution in [0.3, 0.4) is 0 Å². The normalized spacial score (nSPS) is 14.6. The number of aromatic nitrogens is 3. The predicted molar refractivity (Wildman–Crippen MR) is 118 cm³/mol. The number of rotatable bonds is 5. The van der Waals surface area contributed by atoms with Gasteiger partial charge in [0.25, 0.3) is 10.0 Å². The fourth-order valence-electron chi connectivity index (χ4n) is 3.29. The molecule has 0 saturated carbocycles. The van der Waals surface area contributed by atoms with Gasteiger partial charge in [0.1, 0.15) is 5.82 Å². The molecule has 3 heterocycles. The summed E-state index contributed by atoms with van der Waals surface area (Å²) in [6.45, 7) is 4.84. The van der Waals surface area contributed by atoms with Crippen LogP contribution in [-0.4, -0.2) is 49.5 Å². The Balaban J connectivity index is 1.42. The summed E-state index contributed by atoms with van der Waals surface area (Å²) in [5.74, 6) is 1.52. The molecular formula is C20H21ClN6O2S. The van der Waals surface area contributed by atoms with Gasteiger partial charge >= 0.3 is 0 Å². The van der Waals surface area contributed by atoms with Gasteiger partial charge in [-0.3, -0.25) is 4.72 Å². The van der Waals surface area contributed by atoms with Gasteiger partial charge in [0.15, 0.2) is 0 Å². The Morgan fingerprint density at radius 2 is 1.67 bits per heavy atom. The molecule has 1 fully saturated rings. The van der Waals surface area contributed by atoms with E-state index in [1.807, 2.05) is 18.2 Å². The summed E-state index contributed by atoms with van der Waals surface area (Å²) in [5, 5.41) is 0.359. The summed E-state index contributed by atoms with van der Waals surface area (Å²) in [4.78, 5) is 17.5. The van der Waals surface area contributed by atoms with Gasteiger partial charge in [0.05, 0.1) is 23.0 Å². The maximum atomic E-state index is 12.7. The van der Waals surface area contributed by atoms with Gasteiger partial charge in [0, 0.05) is 37.4 Å². The molecule has 1 aliphatic heterocycles. The Kier molecular flexibility index (Phi) is 5.74. The molecule has 1 aromatic carbocycles. The third kappa shape index (κ3) is 4.47. The van der Waals surface area contributed by atoms with Crippen molar-refractivity contribution in [2.24, 2.45) is 0 Å². The SMILES string of the molecule is Cc1ccc(Cl)cc1S(=O)(=O)Nc1cnc(N2CCN(c3ccccn3)CC2)nc1. The number of nitrogens with zero attached hydrogens (tertiary/aromatic N) is 5. The van der Waals surface area contributed by atoms with E-state index >= 15 is 0 Å². The third-order valence-electron chi connectivity index (χ3n) is 4.87. The molecule has 0 aliphatic carbocycles. The lowest BCUT2D eigenvalue weighted by Crippen LogP contribution is -2.47. The van der Waals surface area contributed by atoms with Crippen LogP contribution >= 0.6 is 11.6 Å². The summed E-state index contributed by atoms with van der Waals surface area (Å²) in [6.07, 6.45) is 4.74. The number of nitrogens with one attached hydrogen (secondary N) is 1. The van der Waals surface area contributed by atoms with E-state index in [-0.39, 0.29) is 4.90 Å². The van der Waals surface area contributed by atoms with Crippen LogP contribution in [0.1, 0.15) is 5.56 Å². The number of hydrogen-bond donors (Lipinski definition) is 1. The van der Waals surface area contributed by atoms with Crippen LogP contribution in [0.15, 0.2) is 59.9 Å². The fourth-order valence-corrected chi connectivity index (χ4v) is 4.82. The second-order valence-corrected chi connectivity index (χ2v) is 9.04. The molecule has 1 aliphatic rings. The van der Waals surface area contributed by atoms with E-state index < -0.39 is 10.0 Å². The molecule has 1 N–H and O–H groups in total. The van der Waals surface area contributed by atoms with Gasteiger partial charge in [-0.2, -0.15) is 0 Å². The van der Waals surface area contributed by atoms with Gasteiger partial charge in [-0.15, -0.1) is 0 Å². The van der Waals surface area contributed by atoms with Crippen molar-refractivity contribution < 1.29 is 8.42 Å². The molecule has 0 atom stereocenters. The van der Waals surface area contributed by atoms with Crippen LogP contribution in [0.25, 0.3) is 0 Å². The molecule has 0 spiro atoms. The molecule has 0 bridgehead atoms. The number of pyridine rings is 1. The molecule has 8 nitrogen and oxygen atoms in total. The first-order valence-electron chi connectivity index (χ1n) is 9.44. The number of piperazine rings is 1. The zero-order valence-corrected chi connectivity index (χ0v) is 17.9. The smallest absolute Gasteiger partial charge is 0.262 e. The number of benzene rings is 1. The van der Waals surface area contributed by atoms with Crippen LogP contribution in [0.5, 0.6) is 0 Å².